The van der Waals surface area contributed by atoms with Gasteiger partial charge in [0.05, 0.1) is 49.8 Å². The smallest absolute Gasteiger partial charge is 0.399 e. The lowest BCUT2D eigenvalue weighted by Gasteiger charge is -2.50. The van der Waals surface area contributed by atoms with Gasteiger partial charge in [0, 0.05) is 0 Å². The van der Waals surface area contributed by atoms with Gasteiger partial charge in [-0.15, -0.1) is 0 Å². The molecule has 7 rings (SSSR count). The molecule has 2 fully saturated rings. The molecule has 0 amide bonds. The van der Waals surface area contributed by atoms with Gasteiger partial charge in [0.15, 0.2) is 0 Å². The fraction of sp³-hybridized carbons (Fsp3) is 0.388. The van der Waals surface area contributed by atoms with E-state index in [1.807, 2.05) is 149 Å². The molecule has 8 nitrogen and oxygen atoms in total. The first-order valence-corrected chi connectivity index (χ1v) is 20.7. The van der Waals surface area contributed by atoms with Crippen LogP contribution in [0.5, 0.6) is 0 Å². The summed E-state index contributed by atoms with van der Waals surface area (Å²) in [5.74, 6) is 0. The van der Waals surface area contributed by atoms with E-state index in [2.05, 4.69) is 0 Å². The van der Waals surface area contributed by atoms with Crippen LogP contribution in [-0.2, 0) is 71.2 Å². The van der Waals surface area contributed by atoms with Crippen LogP contribution in [-0.4, -0.2) is 60.6 Å². The van der Waals surface area contributed by atoms with Gasteiger partial charge in [-0.1, -0.05) is 133 Å². The van der Waals surface area contributed by atoms with Crippen LogP contribution in [0.1, 0.15) is 68.0 Å². The van der Waals surface area contributed by atoms with Crippen LogP contribution in [0.3, 0.4) is 0 Å². The maximum absolute atomic E-state index is 15.4. The Morgan fingerprint density at radius 3 is 1.46 bits per heavy atom. The second kappa shape index (κ2) is 18.9. The van der Waals surface area contributed by atoms with Gasteiger partial charge in [-0.2, -0.15) is 13.2 Å². The maximum Gasteiger partial charge on any atom is 0.494 e. The molecule has 1 unspecified atom stereocenters. The lowest BCUT2D eigenvalue weighted by atomic mass is 9.74. The summed E-state index contributed by atoms with van der Waals surface area (Å²) in [6, 6.07) is 41.9. The van der Waals surface area contributed by atoms with E-state index >= 15 is 13.2 Å². The Labute approximate surface area is 357 Å². The summed E-state index contributed by atoms with van der Waals surface area (Å²) in [4.78, 5) is 0. The number of ether oxygens (including phenoxy) is 5. The lowest BCUT2D eigenvalue weighted by Crippen LogP contribution is -2.65. The van der Waals surface area contributed by atoms with Crippen LogP contribution >= 0.6 is 0 Å². The Kier molecular flexibility index (Phi) is 13.9. The van der Waals surface area contributed by atoms with Crippen molar-refractivity contribution >= 4 is 12.6 Å². The van der Waals surface area contributed by atoms with E-state index in [0.29, 0.717) is 0 Å². The Morgan fingerprint density at radius 2 is 1.00 bits per heavy atom. The molecule has 0 saturated carbocycles. The van der Waals surface area contributed by atoms with E-state index in [-0.39, 0.29) is 38.5 Å². The minimum atomic E-state index is -4.89. The normalized spacial score (nSPS) is 23.4. The molecule has 61 heavy (non-hydrogen) atoms. The van der Waals surface area contributed by atoms with Crippen LogP contribution in [0.25, 0.3) is 0 Å². The maximum atomic E-state index is 15.4. The van der Waals surface area contributed by atoms with Crippen LogP contribution in [0, 0.1) is 0 Å². The van der Waals surface area contributed by atoms with E-state index in [4.69, 9.17) is 33.0 Å². The Balaban J connectivity index is 1.31. The largest absolute Gasteiger partial charge is 0.494 e. The zero-order chi connectivity index (χ0) is 43.3. The molecule has 5 aromatic carbocycles. The number of hydrogen-bond acceptors (Lipinski definition) is 8. The third kappa shape index (κ3) is 10.6. The molecule has 0 bridgehead atoms. The third-order valence-corrected chi connectivity index (χ3v) is 11.9. The SMILES string of the molecule is CC(O)(c1ccc(B2OC(C)(C)C(C)(C)O2)cc1C(F)(F)F)[C@H]1O[C@H](COCc2ccccc2)[C@@H](OCc2ccccc2)[C@H](OCc2ccccc2)[C@@H]1OCc1ccccc1. The van der Waals surface area contributed by atoms with Crippen molar-refractivity contribution in [3.8, 4) is 0 Å². The first-order valence-electron chi connectivity index (χ1n) is 20.7. The van der Waals surface area contributed by atoms with Gasteiger partial charge in [0.25, 0.3) is 0 Å². The van der Waals surface area contributed by atoms with Gasteiger partial charge < -0.3 is 38.1 Å². The average molecular weight is 839 g/mol. The first-order chi connectivity index (χ1) is 29.1. The van der Waals surface area contributed by atoms with E-state index in [1.54, 1.807) is 0 Å². The average Bonchev–Trinajstić information content (AvgIpc) is 3.48. The fourth-order valence-electron chi connectivity index (χ4n) is 7.76. The van der Waals surface area contributed by atoms with Crippen molar-refractivity contribution in [3.05, 3.63) is 173 Å². The molecule has 0 aliphatic carbocycles. The zero-order valence-electron chi connectivity index (χ0n) is 35.2. The van der Waals surface area contributed by atoms with Gasteiger partial charge in [-0.25, -0.2) is 0 Å². The van der Waals surface area contributed by atoms with Crippen LogP contribution < -0.4 is 5.46 Å². The molecule has 2 saturated heterocycles. The summed E-state index contributed by atoms with van der Waals surface area (Å²) in [6.07, 6.45) is -10.2. The van der Waals surface area contributed by atoms with Gasteiger partial charge in [0.2, 0.25) is 0 Å². The summed E-state index contributed by atoms with van der Waals surface area (Å²) < 4.78 is 91.7. The molecule has 0 spiro atoms. The van der Waals surface area contributed by atoms with E-state index in [9.17, 15) is 5.11 Å². The Bertz CT molecular complexity index is 2120. The molecule has 2 aliphatic rings. The van der Waals surface area contributed by atoms with Gasteiger partial charge in [-0.05, 0) is 74.0 Å². The van der Waals surface area contributed by atoms with E-state index in [1.165, 1.54) is 19.1 Å². The van der Waals surface area contributed by atoms with Crippen LogP contribution in [0.4, 0.5) is 13.2 Å². The molecule has 0 radical (unpaired) electrons. The minimum absolute atomic E-state index is 0.0372. The van der Waals surface area contributed by atoms with Crippen LogP contribution in [0.2, 0.25) is 0 Å². The van der Waals surface area contributed by atoms with Gasteiger partial charge >= 0.3 is 13.3 Å². The summed E-state index contributed by atoms with van der Waals surface area (Å²) in [5.41, 5.74) is -1.73. The Hall–Kier alpha value is -4.37. The molecule has 322 valence electrons. The standard InChI is InChI=1S/C49H54BF3O8/c1-46(2)47(3,4)61-50(60-46)38-26-27-39(40(28-38)49(51,52)53)48(5,54)45-44(58-32-37-24-16-9-17-25-37)43(57-31-36-22-14-8-15-23-36)42(56-30-35-20-12-7-13-21-35)41(59-45)33-55-29-34-18-10-6-11-19-34/h6-28,41-45,54H,29-33H2,1-5H3/t41-,42-,43+,44+,45+,48?/m1/s1. The van der Waals surface area contributed by atoms with Gasteiger partial charge in [0.1, 0.15) is 36.1 Å². The number of benzene rings is 5. The van der Waals surface area contributed by atoms with Crippen molar-refractivity contribution in [2.75, 3.05) is 6.61 Å². The number of aliphatic hydroxyl groups is 1. The number of rotatable bonds is 16. The molecule has 0 aromatic heterocycles. The van der Waals surface area contributed by atoms with Gasteiger partial charge in [-0.3, -0.25) is 0 Å². The molecule has 1 N–H and O–H groups in total. The van der Waals surface area contributed by atoms with E-state index in [0.717, 1.165) is 28.3 Å². The molecule has 5 aromatic rings. The van der Waals surface area contributed by atoms with E-state index < -0.39 is 71.7 Å². The second-order valence-electron chi connectivity index (χ2n) is 16.9. The second-order valence-corrected chi connectivity index (χ2v) is 16.9. The zero-order valence-corrected chi connectivity index (χ0v) is 35.2. The van der Waals surface area contributed by atoms with Crippen LogP contribution in [0.15, 0.2) is 140 Å². The molecule has 6 atom stereocenters. The van der Waals surface area contributed by atoms with Crippen molar-refractivity contribution in [2.45, 2.75) is 115 Å². The minimum Gasteiger partial charge on any atom is -0.399 e. The van der Waals surface area contributed by atoms with Crippen molar-refractivity contribution in [3.63, 3.8) is 0 Å². The summed E-state index contributed by atoms with van der Waals surface area (Å²) in [5, 5.41) is 12.9. The highest BCUT2D eigenvalue weighted by molar-refractivity contribution is 6.62. The number of halogens is 3. The molecular weight excluding hydrogens is 784 g/mol. The number of alkyl halides is 3. The number of hydrogen-bond donors (Lipinski definition) is 1. The predicted octanol–water partition coefficient (Wildman–Crippen LogP) is 8.95. The topological polar surface area (TPSA) is 84.8 Å². The predicted molar refractivity (Wildman–Crippen MR) is 227 cm³/mol. The monoisotopic (exact) mass is 838 g/mol. The Morgan fingerprint density at radius 1 is 0.574 bits per heavy atom. The van der Waals surface area contributed by atoms with Crippen molar-refractivity contribution < 1.29 is 51.3 Å². The molecule has 2 heterocycles. The fourth-order valence-corrected chi connectivity index (χ4v) is 7.76. The highest BCUT2D eigenvalue weighted by atomic mass is 19.4. The molecular formula is C49H54BF3O8. The first kappa shape index (κ1) is 44.7. The highest BCUT2D eigenvalue weighted by Gasteiger charge is 2.57. The summed E-state index contributed by atoms with van der Waals surface area (Å²) in [6.45, 7) is 9.18. The third-order valence-electron chi connectivity index (χ3n) is 11.9. The lowest BCUT2D eigenvalue weighted by molar-refractivity contribution is -0.302. The quantitative estimate of drug-likeness (QED) is 0.0988. The molecule has 12 heteroatoms. The highest BCUT2D eigenvalue weighted by Crippen LogP contribution is 2.44. The van der Waals surface area contributed by atoms with Crippen molar-refractivity contribution in [1.29, 1.82) is 0 Å². The summed E-state index contributed by atoms with van der Waals surface area (Å²) in [7, 11) is -1.07. The molecule has 2 aliphatic heterocycles. The van der Waals surface area contributed by atoms with Crippen molar-refractivity contribution in [2.24, 2.45) is 0 Å². The van der Waals surface area contributed by atoms with Crippen molar-refractivity contribution in [1.82, 2.24) is 0 Å². The summed E-state index contributed by atoms with van der Waals surface area (Å²) >= 11 is 0.